The topological polar surface area (TPSA) is 77.8 Å². The summed E-state index contributed by atoms with van der Waals surface area (Å²) in [6, 6.07) is 6.10. The van der Waals surface area contributed by atoms with Crippen LogP contribution >= 0.6 is 0 Å². The van der Waals surface area contributed by atoms with Crippen molar-refractivity contribution in [2.75, 3.05) is 18.1 Å². The first-order valence-corrected chi connectivity index (χ1v) is 6.76. The summed E-state index contributed by atoms with van der Waals surface area (Å²) >= 11 is 0. The molecular weight excluding hydrogens is 258 g/mol. The second kappa shape index (κ2) is 7.65. The number of hydrogen-bond acceptors (Lipinski definition) is 3. The Morgan fingerprint density at radius 1 is 1.25 bits per heavy atom. The Balaban J connectivity index is 2.95. The van der Waals surface area contributed by atoms with Crippen molar-refractivity contribution < 1.29 is 19.8 Å². The third-order valence-electron chi connectivity index (χ3n) is 3.16. The van der Waals surface area contributed by atoms with Crippen molar-refractivity contribution in [1.82, 2.24) is 0 Å². The molecule has 20 heavy (non-hydrogen) atoms. The summed E-state index contributed by atoms with van der Waals surface area (Å²) in [5.41, 5.74) is 0.781. The van der Waals surface area contributed by atoms with E-state index in [1.165, 1.54) is 17.0 Å². The molecule has 110 valence electrons. The van der Waals surface area contributed by atoms with E-state index in [2.05, 4.69) is 0 Å². The van der Waals surface area contributed by atoms with Gasteiger partial charge in [0.05, 0.1) is 12.2 Å². The first-order valence-electron chi connectivity index (χ1n) is 6.76. The van der Waals surface area contributed by atoms with Crippen molar-refractivity contribution in [2.24, 2.45) is 5.92 Å². The quantitative estimate of drug-likeness (QED) is 0.801. The van der Waals surface area contributed by atoms with Crippen molar-refractivity contribution in [3.8, 4) is 0 Å². The molecule has 0 saturated carbocycles. The molecule has 0 fully saturated rings. The van der Waals surface area contributed by atoms with Crippen LogP contribution in [0.3, 0.4) is 0 Å². The fourth-order valence-electron chi connectivity index (χ4n) is 2.07. The highest BCUT2D eigenvalue weighted by Crippen LogP contribution is 2.19. The van der Waals surface area contributed by atoms with Gasteiger partial charge in [-0.1, -0.05) is 20.3 Å². The van der Waals surface area contributed by atoms with Crippen LogP contribution in [0.15, 0.2) is 24.3 Å². The minimum atomic E-state index is -1.00. The number of aromatic carboxylic acids is 1. The highest BCUT2D eigenvalue weighted by Gasteiger charge is 2.21. The molecule has 0 saturated heterocycles. The third-order valence-corrected chi connectivity index (χ3v) is 3.16. The smallest absolute Gasteiger partial charge is 0.335 e. The molecule has 0 spiro atoms. The van der Waals surface area contributed by atoms with Gasteiger partial charge >= 0.3 is 5.97 Å². The highest BCUT2D eigenvalue weighted by atomic mass is 16.4. The molecule has 1 rings (SSSR count). The third kappa shape index (κ3) is 4.06. The van der Waals surface area contributed by atoms with E-state index in [1.807, 2.05) is 13.8 Å². The maximum atomic E-state index is 12.3. The summed E-state index contributed by atoms with van der Waals surface area (Å²) in [6.07, 6.45) is 1.70. The molecule has 0 aliphatic rings. The number of hydrogen-bond donors (Lipinski definition) is 2. The number of aliphatic hydroxyl groups is 1. The second-order valence-electron chi connectivity index (χ2n) is 4.76. The maximum Gasteiger partial charge on any atom is 0.335 e. The normalized spacial score (nSPS) is 11.9. The lowest BCUT2D eigenvalue weighted by Crippen LogP contribution is -2.37. The summed E-state index contributed by atoms with van der Waals surface area (Å²) in [5, 5.41) is 18.0. The lowest BCUT2D eigenvalue weighted by Gasteiger charge is -2.25. The van der Waals surface area contributed by atoms with Gasteiger partial charge in [-0.05, 0) is 30.7 Å². The maximum absolute atomic E-state index is 12.3. The van der Waals surface area contributed by atoms with Crippen LogP contribution in [0, 0.1) is 5.92 Å². The first kappa shape index (κ1) is 16.2. The van der Waals surface area contributed by atoms with Crippen LogP contribution in [0.5, 0.6) is 0 Å². The van der Waals surface area contributed by atoms with Gasteiger partial charge in [0.2, 0.25) is 5.91 Å². The Hall–Kier alpha value is -1.88. The summed E-state index contributed by atoms with van der Waals surface area (Å²) < 4.78 is 0. The van der Waals surface area contributed by atoms with Crippen molar-refractivity contribution in [3.05, 3.63) is 29.8 Å². The molecule has 1 aromatic carbocycles. The van der Waals surface area contributed by atoms with Gasteiger partial charge in [0.1, 0.15) is 0 Å². The summed E-state index contributed by atoms with van der Waals surface area (Å²) in [7, 11) is 0. The van der Waals surface area contributed by atoms with Crippen LogP contribution in [0.25, 0.3) is 0 Å². The van der Waals surface area contributed by atoms with Crippen LogP contribution in [-0.4, -0.2) is 35.2 Å². The Morgan fingerprint density at radius 2 is 1.85 bits per heavy atom. The largest absolute Gasteiger partial charge is 0.478 e. The summed E-state index contributed by atoms with van der Waals surface area (Å²) in [6.45, 7) is 3.95. The molecule has 0 aliphatic heterocycles. The van der Waals surface area contributed by atoms with Gasteiger partial charge in [-0.3, -0.25) is 4.79 Å². The number of nitrogens with zero attached hydrogens (tertiary/aromatic N) is 1. The number of carboxylic acids is 1. The van der Waals surface area contributed by atoms with E-state index < -0.39 is 5.97 Å². The van der Waals surface area contributed by atoms with Crippen LogP contribution < -0.4 is 4.90 Å². The number of carboxylic acid groups (broad SMARTS) is 1. The molecule has 2 N–H and O–H groups in total. The molecule has 0 heterocycles. The molecule has 1 amide bonds. The van der Waals surface area contributed by atoms with Crippen molar-refractivity contribution in [3.63, 3.8) is 0 Å². The molecule has 5 nitrogen and oxygen atoms in total. The standard InChI is InChI=1S/C15H21NO4/c1-3-4-11(2)14(18)16(9-10-17)13-7-5-12(6-8-13)15(19)20/h5-8,11,17H,3-4,9-10H2,1-2H3,(H,19,20). The number of rotatable bonds is 7. The minimum Gasteiger partial charge on any atom is -0.478 e. The molecule has 1 atom stereocenters. The van der Waals surface area contributed by atoms with E-state index in [-0.39, 0.29) is 30.5 Å². The van der Waals surface area contributed by atoms with Gasteiger partial charge in [-0.25, -0.2) is 4.79 Å². The molecule has 0 bridgehead atoms. The zero-order valence-electron chi connectivity index (χ0n) is 11.9. The van der Waals surface area contributed by atoms with Gasteiger partial charge in [0.25, 0.3) is 0 Å². The monoisotopic (exact) mass is 279 g/mol. The fourth-order valence-corrected chi connectivity index (χ4v) is 2.07. The van der Waals surface area contributed by atoms with Gasteiger partial charge < -0.3 is 15.1 Å². The lowest BCUT2D eigenvalue weighted by atomic mass is 10.0. The van der Waals surface area contributed by atoms with E-state index in [4.69, 9.17) is 10.2 Å². The molecular formula is C15H21NO4. The van der Waals surface area contributed by atoms with E-state index in [9.17, 15) is 9.59 Å². The number of amides is 1. The van der Waals surface area contributed by atoms with Crippen molar-refractivity contribution in [2.45, 2.75) is 26.7 Å². The Morgan fingerprint density at radius 3 is 2.30 bits per heavy atom. The van der Waals surface area contributed by atoms with Crippen molar-refractivity contribution >= 4 is 17.6 Å². The SMILES string of the molecule is CCCC(C)C(=O)N(CCO)c1ccc(C(=O)O)cc1. The van der Waals surface area contributed by atoms with Gasteiger partial charge in [0, 0.05) is 18.2 Å². The number of carbonyl (C=O) groups is 2. The fraction of sp³-hybridized carbons (Fsp3) is 0.467. The Bertz CT molecular complexity index is 455. The lowest BCUT2D eigenvalue weighted by molar-refractivity contribution is -0.122. The molecule has 1 aromatic rings. The molecule has 5 heteroatoms. The van der Waals surface area contributed by atoms with Gasteiger partial charge in [-0.15, -0.1) is 0 Å². The first-order chi connectivity index (χ1) is 9.51. The van der Waals surface area contributed by atoms with Gasteiger partial charge in [-0.2, -0.15) is 0 Å². The van der Waals surface area contributed by atoms with Crippen LogP contribution in [0.2, 0.25) is 0 Å². The second-order valence-corrected chi connectivity index (χ2v) is 4.76. The summed E-state index contributed by atoms with van der Waals surface area (Å²) in [5.74, 6) is -1.18. The van der Waals surface area contributed by atoms with Crippen LogP contribution in [0.1, 0.15) is 37.0 Å². The number of carbonyl (C=O) groups excluding carboxylic acids is 1. The molecule has 0 aliphatic carbocycles. The van der Waals surface area contributed by atoms with Gasteiger partial charge in [0.15, 0.2) is 0 Å². The molecule has 0 radical (unpaired) electrons. The Labute approximate surface area is 118 Å². The average Bonchev–Trinajstić information content (AvgIpc) is 2.44. The van der Waals surface area contributed by atoms with Crippen LogP contribution in [-0.2, 0) is 4.79 Å². The predicted octanol–water partition coefficient (Wildman–Crippen LogP) is 2.15. The number of aliphatic hydroxyl groups excluding tert-OH is 1. The molecule has 1 unspecified atom stereocenters. The predicted molar refractivity (Wildman–Crippen MR) is 76.9 cm³/mol. The van der Waals surface area contributed by atoms with E-state index in [0.717, 1.165) is 12.8 Å². The van der Waals surface area contributed by atoms with E-state index in [0.29, 0.717) is 5.69 Å². The Kier molecular flexibility index (Phi) is 6.18. The van der Waals surface area contributed by atoms with E-state index >= 15 is 0 Å². The average molecular weight is 279 g/mol. The molecule has 0 aromatic heterocycles. The number of anilines is 1. The van der Waals surface area contributed by atoms with E-state index in [1.54, 1.807) is 12.1 Å². The zero-order chi connectivity index (χ0) is 15.1. The minimum absolute atomic E-state index is 0.0519. The van der Waals surface area contributed by atoms with Crippen LogP contribution in [0.4, 0.5) is 5.69 Å². The summed E-state index contributed by atoms with van der Waals surface area (Å²) in [4.78, 5) is 24.7. The number of benzene rings is 1. The zero-order valence-corrected chi connectivity index (χ0v) is 11.9. The highest BCUT2D eigenvalue weighted by molar-refractivity contribution is 5.95. The van der Waals surface area contributed by atoms with Crippen molar-refractivity contribution in [1.29, 1.82) is 0 Å².